The standard InChI is InChI=1S/C23H17N3O7/c1-31-20-9-8-14(26(29)30)11-18(20)25-22(27)13-33-23(28)16-12-19(21-7-4-10-32-21)24-17-6-3-2-5-15(16)17/h2-12H,13H2,1H3,(H,25,27). The lowest BCUT2D eigenvalue weighted by atomic mass is 10.1. The summed E-state index contributed by atoms with van der Waals surface area (Å²) in [5, 5.41) is 14.0. The van der Waals surface area contributed by atoms with Crippen molar-refractivity contribution in [3.63, 3.8) is 0 Å². The van der Waals surface area contributed by atoms with E-state index in [1.807, 2.05) is 0 Å². The molecular formula is C23H17N3O7. The molecule has 4 rings (SSSR count). The number of methoxy groups -OCH3 is 1. The second-order valence-electron chi connectivity index (χ2n) is 6.82. The topological polar surface area (TPSA) is 134 Å². The lowest BCUT2D eigenvalue weighted by Gasteiger charge is -2.11. The molecule has 0 atom stereocenters. The normalized spacial score (nSPS) is 10.6. The number of fused-ring (bicyclic) bond motifs is 1. The van der Waals surface area contributed by atoms with Gasteiger partial charge in [-0.15, -0.1) is 0 Å². The van der Waals surface area contributed by atoms with E-state index in [0.29, 0.717) is 22.4 Å². The zero-order valence-corrected chi connectivity index (χ0v) is 17.3. The third-order valence-electron chi connectivity index (χ3n) is 4.71. The van der Waals surface area contributed by atoms with Crippen LogP contribution in [0.1, 0.15) is 10.4 Å². The predicted molar refractivity (Wildman–Crippen MR) is 118 cm³/mol. The van der Waals surface area contributed by atoms with Crippen LogP contribution in [0.25, 0.3) is 22.4 Å². The van der Waals surface area contributed by atoms with Gasteiger partial charge in [0, 0.05) is 17.5 Å². The fraction of sp³-hybridized carbons (Fsp3) is 0.0870. The summed E-state index contributed by atoms with van der Waals surface area (Å²) in [4.78, 5) is 40.1. The molecule has 0 bridgehead atoms. The number of pyridine rings is 1. The van der Waals surface area contributed by atoms with Crippen molar-refractivity contribution in [2.24, 2.45) is 0 Å². The van der Waals surface area contributed by atoms with Crippen molar-refractivity contribution in [2.75, 3.05) is 19.0 Å². The van der Waals surface area contributed by atoms with E-state index in [-0.39, 0.29) is 22.7 Å². The van der Waals surface area contributed by atoms with Gasteiger partial charge >= 0.3 is 5.97 Å². The molecule has 0 aliphatic heterocycles. The lowest BCUT2D eigenvalue weighted by molar-refractivity contribution is -0.384. The Kier molecular flexibility index (Phi) is 5.98. The largest absolute Gasteiger partial charge is 0.495 e. The molecule has 0 aliphatic carbocycles. The number of ether oxygens (including phenoxy) is 2. The summed E-state index contributed by atoms with van der Waals surface area (Å²) in [6.45, 7) is -0.614. The summed E-state index contributed by atoms with van der Waals surface area (Å²) in [6, 6.07) is 15.7. The first-order valence-electron chi connectivity index (χ1n) is 9.69. The number of hydrogen-bond donors (Lipinski definition) is 1. The van der Waals surface area contributed by atoms with E-state index in [2.05, 4.69) is 10.3 Å². The number of carbonyl (C=O) groups excluding carboxylic acids is 2. The Morgan fingerprint density at radius 1 is 1.12 bits per heavy atom. The minimum absolute atomic E-state index is 0.0854. The number of rotatable bonds is 7. The molecule has 0 saturated heterocycles. The van der Waals surface area contributed by atoms with Gasteiger partial charge in [0.15, 0.2) is 12.4 Å². The Morgan fingerprint density at radius 3 is 2.67 bits per heavy atom. The molecule has 1 N–H and O–H groups in total. The van der Waals surface area contributed by atoms with E-state index >= 15 is 0 Å². The van der Waals surface area contributed by atoms with Gasteiger partial charge in [0.25, 0.3) is 11.6 Å². The number of carbonyl (C=O) groups is 2. The van der Waals surface area contributed by atoms with Crippen LogP contribution in [-0.4, -0.2) is 35.5 Å². The second-order valence-corrected chi connectivity index (χ2v) is 6.82. The Labute approximate surface area is 186 Å². The first-order chi connectivity index (χ1) is 16.0. The Bertz CT molecular complexity index is 1350. The van der Waals surface area contributed by atoms with Gasteiger partial charge in [-0.3, -0.25) is 14.9 Å². The number of amides is 1. The van der Waals surface area contributed by atoms with E-state index < -0.39 is 23.4 Å². The Balaban J connectivity index is 1.53. The maximum Gasteiger partial charge on any atom is 0.339 e. The maximum absolute atomic E-state index is 12.8. The van der Waals surface area contributed by atoms with Gasteiger partial charge in [0.1, 0.15) is 11.4 Å². The smallest absolute Gasteiger partial charge is 0.339 e. The van der Waals surface area contributed by atoms with Gasteiger partial charge in [-0.25, -0.2) is 9.78 Å². The van der Waals surface area contributed by atoms with Crippen LogP contribution in [-0.2, 0) is 9.53 Å². The van der Waals surface area contributed by atoms with Crippen molar-refractivity contribution in [1.82, 2.24) is 4.98 Å². The number of hydrogen-bond acceptors (Lipinski definition) is 8. The molecule has 0 radical (unpaired) electrons. The van der Waals surface area contributed by atoms with Crippen molar-refractivity contribution in [3.8, 4) is 17.2 Å². The van der Waals surface area contributed by atoms with Crippen LogP contribution >= 0.6 is 0 Å². The van der Waals surface area contributed by atoms with Gasteiger partial charge in [0.05, 0.1) is 35.1 Å². The van der Waals surface area contributed by atoms with Crippen molar-refractivity contribution < 1.29 is 28.4 Å². The number of esters is 1. The van der Waals surface area contributed by atoms with Crippen molar-refractivity contribution in [2.45, 2.75) is 0 Å². The van der Waals surface area contributed by atoms with E-state index in [1.165, 1.54) is 31.6 Å². The number of anilines is 1. The molecule has 1 amide bonds. The van der Waals surface area contributed by atoms with Crippen molar-refractivity contribution >= 4 is 34.2 Å². The molecule has 33 heavy (non-hydrogen) atoms. The lowest BCUT2D eigenvalue weighted by Crippen LogP contribution is -2.21. The average Bonchev–Trinajstić information content (AvgIpc) is 3.37. The van der Waals surface area contributed by atoms with Crippen molar-refractivity contribution in [1.29, 1.82) is 0 Å². The summed E-state index contributed by atoms with van der Waals surface area (Å²) in [5.74, 6) is -0.719. The number of benzene rings is 2. The van der Waals surface area contributed by atoms with Gasteiger partial charge in [0.2, 0.25) is 0 Å². The zero-order valence-electron chi connectivity index (χ0n) is 17.3. The number of nitrogens with one attached hydrogen (secondary N) is 1. The quantitative estimate of drug-likeness (QED) is 0.253. The zero-order chi connectivity index (χ0) is 23.4. The molecule has 0 saturated carbocycles. The van der Waals surface area contributed by atoms with Gasteiger partial charge in [-0.1, -0.05) is 18.2 Å². The highest BCUT2D eigenvalue weighted by Gasteiger charge is 2.19. The fourth-order valence-corrected chi connectivity index (χ4v) is 3.20. The summed E-state index contributed by atoms with van der Waals surface area (Å²) in [5.41, 5.74) is 1.08. The number of nitro benzene ring substituents is 1. The minimum Gasteiger partial charge on any atom is -0.495 e. The molecule has 0 aliphatic rings. The number of nitro groups is 1. The maximum atomic E-state index is 12.8. The van der Waals surface area contributed by atoms with E-state index in [4.69, 9.17) is 13.9 Å². The molecular weight excluding hydrogens is 430 g/mol. The number of nitrogens with zero attached hydrogens (tertiary/aromatic N) is 2. The van der Waals surface area contributed by atoms with Crippen LogP contribution in [0.3, 0.4) is 0 Å². The van der Waals surface area contributed by atoms with Crippen LogP contribution < -0.4 is 10.1 Å². The summed E-state index contributed by atoms with van der Waals surface area (Å²) in [6.07, 6.45) is 1.50. The molecule has 2 aromatic heterocycles. The van der Waals surface area contributed by atoms with Crippen LogP contribution in [0.2, 0.25) is 0 Å². The third kappa shape index (κ3) is 4.64. The number of non-ortho nitro benzene ring substituents is 1. The second kappa shape index (κ2) is 9.18. The van der Waals surface area contributed by atoms with Crippen molar-refractivity contribution in [3.05, 3.63) is 82.6 Å². The molecule has 0 spiro atoms. The minimum atomic E-state index is -0.734. The monoisotopic (exact) mass is 447 g/mol. The number of para-hydroxylation sites is 1. The van der Waals surface area contributed by atoms with Gasteiger partial charge in [-0.2, -0.15) is 0 Å². The molecule has 2 heterocycles. The summed E-state index contributed by atoms with van der Waals surface area (Å²) >= 11 is 0. The fourth-order valence-electron chi connectivity index (χ4n) is 3.20. The Hall–Kier alpha value is -4.73. The Morgan fingerprint density at radius 2 is 1.94 bits per heavy atom. The molecule has 166 valence electrons. The highest BCUT2D eigenvalue weighted by atomic mass is 16.6. The first kappa shape index (κ1) is 21.5. The summed E-state index contributed by atoms with van der Waals surface area (Å²) in [7, 11) is 1.36. The van der Waals surface area contributed by atoms with E-state index in [9.17, 15) is 19.7 Å². The first-order valence-corrected chi connectivity index (χ1v) is 9.69. The molecule has 2 aromatic carbocycles. The predicted octanol–water partition coefficient (Wildman–Crippen LogP) is 4.21. The summed E-state index contributed by atoms with van der Waals surface area (Å²) < 4.78 is 15.7. The molecule has 0 fully saturated rings. The van der Waals surface area contributed by atoms with E-state index in [0.717, 1.165) is 6.07 Å². The molecule has 10 nitrogen and oxygen atoms in total. The average molecular weight is 447 g/mol. The number of furan rings is 1. The highest BCUT2D eigenvalue weighted by Crippen LogP contribution is 2.29. The van der Waals surface area contributed by atoms with Crippen LogP contribution in [0.5, 0.6) is 5.75 Å². The van der Waals surface area contributed by atoms with Gasteiger partial charge in [-0.05, 0) is 30.3 Å². The third-order valence-corrected chi connectivity index (χ3v) is 4.71. The van der Waals surface area contributed by atoms with E-state index in [1.54, 1.807) is 36.4 Å². The van der Waals surface area contributed by atoms with Crippen LogP contribution in [0.15, 0.2) is 71.3 Å². The van der Waals surface area contributed by atoms with Crippen LogP contribution in [0, 0.1) is 10.1 Å². The van der Waals surface area contributed by atoms with Crippen LogP contribution in [0.4, 0.5) is 11.4 Å². The van der Waals surface area contributed by atoms with Gasteiger partial charge < -0.3 is 19.2 Å². The molecule has 0 unspecified atom stereocenters. The SMILES string of the molecule is COc1ccc([N+](=O)[O-])cc1NC(=O)COC(=O)c1cc(-c2ccco2)nc2ccccc12. The number of aromatic nitrogens is 1. The molecule has 10 heteroatoms. The highest BCUT2D eigenvalue weighted by molar-refractivity contribution is 6.05. The molecule has 4 aromatic rings.